The second-order valence-electron chi connectivity index (χ2n) is 17.0. The topological polar surface area (TPSA) is 164 Å². The maximum Gasteiger partial charge on any atom is 0.407 e. The molecule has 0 radical (unpaired) electrons. The van der Waals surface area contributed by atoms with Gasteiger partial charge in [0, 0.05) is 45.0 Å². The molecule has 6 amide bonds. The zero-order valence-corrected chi connectivity index (χ0v) is 36.0. The van der Waals surface area contributed by atoms with Crippen molar-refractivity contribution in [3.63, 3.8) is 0 Å². The van der Waals surface area contributed by atoms with Crippen molar-refractivity contribution in [2.45, 2.75) is 110 Å². The van der Waals surface area contributed by atoms with E-state index >= 15 is 4.79 Å². The van der Waals surface area contributed by atoms with Gasteiger partial charge in [-0.2, -0.15) is 0 Å². The molecule has 1 aliphatic heterocycles. The Kier molecular flexibility index (Phi) is 17.1. The van der Waals surface area contributed by atoms with Crippen molar-refractivity contribution < 1.29 is 37.9 Å². The van der Waals surface area contributed by atoms with Crippen molar-refractivity contribution in [1.29, 1.82) is 0 Å². The summed E-state index contributed by atoms with van der Waals surface area (Å²) in [6.45, 7) is 18.6. The van der Waals surface area contributed by atoms with E-state index in [9.17, 15) is 19.2 Å². The summed E-state index contributed by atoms with van der Waals surface area (Å²) in [5, 5.41) is 10.9. The van der Waals surface area contributed by atoms with Crippen LogP contribution in [0.4, 0.5) is 9.59 Å². The summed E-state index contributed by atoms with van der Waals surface area (Å²) in [4.78, 5) is 69.9. The van der Waals surface area contributed by atoms with E-state index in [0.717, 1.165) is 29.5 Å². The van der Waals surface area contributed by atoms with Gasteiger partial charge in [0.1, 0.15) is 11.1 Å². The first-order chi connectivity index (χ1) is 26.3. The molecule has 0 bridgehead atoms. The van der Waals surface area contributed by atoms with Crippen LogP contribution < -0.4 is 21.3 Å². The Balaban J connectivity index is 2.17. The van der Waals surface area contributed by atoms with Crippen molar-refractivity contribution >= 4 is 38.2 Å². The number of urea groups is 1. The standard InChI is InChI=1S/C42H65N5O8Si/c1-10-11-13-22-35(48)46-42(27-32-20-16-17-21-34(32)31-18-14-12-15-19-31,37(50)43-29-36(49)45-38(51)47-23-25-53-26-24-47)33(28-44-39(52)55-40(2,3)4)30-54-56(8,9)41(5,6)7/h12,14-21,33H,10-11,13,22-30H2,1-9H3,(H,43,50)(H,44,52)(H,46,48)(H,45,49,51). The number of rotatable bonds is 17. The molecule has 14 heteroatoms. The minimum absolute atomic E-state index is 0.00975. The van der Waals surface area contributed by atoms with Crippen LogP contribution in [0.15, 0.2) is 54.6 Å². The van der Waals surface area contributed by atoms with Gasteiger partial charge in [-0.25, -0.2) is 9.59 Å². The molecule has 2 aromatic rings. The fourth-order valence-electron chi connectivity index (χ4n) is 6.08. The van der Waals surface area contributed by atoms with Crippen LogP contribution in [-0.4, -0.2) is 100 Å². The molecule has 0 spiro atoms. The second kappa shape index (κ2) is 20.8. The number of morpholine rings is 1. The lowest BCUT2D eigenvalue weighted by Crippen LogP contribution is -2.68. The van der Waals surface area contributed by atoms with Crippen LogP contribution in [0.3, 0.4) is 0 Å². The van der Waals surface area contributed by atoms with Gasteiger partial charge in [0.2, 0.25) is 17.7 Å². The number of amides is 6. The Morgan fingerprint density at radius 1 is 0.857 bits per heavy atom. The van der Waals surface area contributed by atoms with Crippen LogP contribution in [-0.2, 0) is 34.7 Å². The number of nitrogens with zero attached hydrogens (tertiary/aromatic N) is 1. The van der Waals surface area contributed by atoms with Gasteiger partial charge in [0.15, 0.2) is 8.32 Å². The summed E-state index contributed by atoms with van der Waals surface area (Å²) in [6, 6.07) is 16.8. The summed E-state index contributed by atoms with van der Waals surface area (Å²) < 4.78 is 17.7. The monoisotopic (exact) mass is 795 g/mol. The summed E-state index contributed by atoms with van der Waals surface area (Å²) in [5.74, 6) is -2.59. The predicted molar refractivity (Wildman–Crippen MR) is 220 cm³/mol. The van der Waals surface area contributed by atoms with Crippen LogP contribution in [0.25, 0.3) is 11.1 Å². The first kappa shape index (κ1) is 46.1. The molecule has 0 aliphatic carbocycles. The summed E-state index contributed by atoms with van der Waals surface area (Å²) in [7, 11) is -2.47. The highest BCUT2D eigenvalue weighted by atomic mass is 28.4. The molecule has 2 unspecified atom stereocenters. The molecular weight excluding hydrogens is 731 g/mol. The number of imide groups is 1. The SMILES string of the molecule is CCCCCC(=O)NC(Cc1ccccc1-c1ccccc1)(C(=O)NCC(=O)NC(=O)N1CCOCC1)C(CNC(=O)OC(C)(C)C)CO[Si](C)(C)C(C)(C)C. The number of benzene rings is 2. The minimum atomic E-state index is -2.47. The molecule has 13 nitrogen and oxygen atoms in total. The Hall–Kier alpha value is -4.27. The number of alkyl carbamates (subject to hydrolysis) is 1. The van der Waals surface area contributed by atoms with Crippen LogP contribution in [0.2, 0.25) is 18.1 Å². The molecule has 1 saturated heterocycles. The third-order valence-corrected chi connectivity index (χ3v) is 14.8. The molecule has 1 fully saturated rings. The highest BCUT2D eigenvalue weighted by molar-refractivity contribution is 6.74. The predicted octanol–water partition coefficient (Wildman–Crippen LogP) is 6.18. The first-order valence-electron chi connectivity index (χ1n) is 19.8. The molecule has 310 valence electrons. The Bertz CT molecular complexity index is 1620. The van der Waals surface area contributed by atoms with Crippen LogP contribution in [0, 0.1) is 5.92 Å². The van der Waals surface area contributed by atoms with E-state index in [-0.39, 0.29) is 36.9 Å². The van der Waals surface area contributed by atoms with Crippen molar-refractivity contribution in [2.24, 2.45) is 5.92 Å². The van der Waals surface area contributed by atoms with Gasteiger partial charge in [-0.05, 0) is 62.0 Å². The van der Waals surface area contributed by atoms with E-state index in [1.807, 2.05) is 61.5 Å². The minimum Gasteiger partial charge on any atom is -0.444 e. The Morgan fingerprint density at radius 3 is 2.12 bits per heavy atom. The molecule has 56 heavy (non-hydrogen) atoms. The van der Waals surface area contributed by atoms with Gasteiger partial charge in [-0.3, -0.25) is 19.7 Å². The van der Waals surface area contributed by atoms with E-state index in [0.29, 0.717) is 32.7 Å². The van der Waals surface area contributed by atoms with Gasteiger partial charge < -0.3 is 34.8 Å². The Morgan fingerprint density at radius 2 is 1.50 bits per heavy atom. The second-order valence-corrected chi connectivity index (χ2v) is 21.8. The number of unbranched alkanes of at least 4 members (excludes halogenated alkanes) is 2. The maximum atomic E-state index is 15.1. The summed E-state index contributed by atoms with van der Waals surface area (Å²) >= 11 is 0. The van der Waals surface area contributed by atoms with Crippen LogP contribution in [0.1, 0.15) is 79.7 Å². The lowest BCUT2D eigenvalue weighted by molar-refractivity contribution is -0.137. The van der Waals surface area contributed by atoms with Crippen molar-refractivity contribution in [3.8, 4) is 11.1 Å². The highest BCUT2D eigenvalue weighted by Gasteiger charge is 2.49. The molecule has 0 saturated carbocycles. The van der Waals surface area contributed by atoms with Gasteiger partial charge in [-0.15, -0.1) is 0 Å². The van der Waals surface area contributed by atoms with Gasteiger partial charge in [0.05, 0.1) is 19.8 Å². The lowest BCUT2D eigenvalue weighted by atomic mass is 9.76. The van der Waals surface area contributed by atoms with Crippen molar-refractivity contribution in [1.82, 2.24) is 26.2 Å². The number of hydrogen-bond acceptors (Lipinski definition) is 8. The fourth-order valence-corrected chi connectivity index (χ4v) is 7.13. The zero-order chi connectivity index (χ0) is 41.6. The quantitative estimate of drug-likeness (QED) is 0.109. The first-order valence-corrected chi connectivity index (χ1v) is 22.7. The number of carbonyl (C=O) groups is 5. The molecule has 1 heterocycles. The molecular formula is C42H65N5O8Si. The van der Waals surface area contributed by atoms with Crippen molar-refractivity contribution in [2.75, 3.05) is 46.0 Å². The van der Waals surface area contributed by atoms with Gasteiger partial charge in [-0.1, -0.05) is 95.1 Å². The van der Waals surface area contributed by atoms with Gasteiger partial charge in [0.25, 0.3) is 0 Å². The van der Waals surface area contributed by atoms with E-state index in [1.54, 1.807) is 20.8 Å². The van der Waals surface area contributed by atoms with E-state index < -0.39 is 55.9 Å². The third kappa shape index (κ3) is 14.0. The number of ether oxygens (including phenoxy) is 2. The largest absolute Gasteiger partial charge is 0.444 e. The molecule has 0 aromatic heterocycles. The van der Waals surface area contributed by atoms with Crippen molar-refractivity contribution in [3.05, 3.63) is 60.2 Å². The average Bonchev–Trinajstić information content (AvgIpc) is 3.13. The summed E-state index contributed by atoms with van der Waals surface area (Å²) in [6.07, 6.45) is 1.77. The molecule has 1 aliphatic rings. The molecule has 2 aromatic carbocycles. The van der Waals surface area contributed by atoms with E-state index in [4.69, 9.17) is 13.9 Å². The Labute approximate surface area is 334 Å². The summed E-state index contributed by atoms with van der Waals surface area (Å²) in [5.41, 5.74) is -0.0405. The van der Waals surface area contributed by atoms with Gasteiger partial charge >= 0.3 is 12.1 Å². The molecule has 2 atom stereocenters. The average molecular weight is 796 g/mol. The van der Waals surface area contributed by atoms with Crippen LogP contribution >= 0.6 is 0 Å². The smallest absolute Gasteiger partial charge is 0.407 e. The number of hydrogen-bond donors (Lipinski definition) is 4. The highest BCUT2D eigenvalue weighted by Crippen LogP contribution is 2.38. The number of nitrogens with one attached hydrogen (secondary N) is 4. The molecule has 3 rings (SSSR count). The number of carbonyl (C=O) groups excluding carboxylic acids is 5. The van der Waals surface area contributed by atoms with E-state index in [1.165, 1.54) is 4.90 Å². The normalized spacial score (nSPS) is 15.2. The fraction of sp³-hybridized carbons (Fsp3) is 0.595. The van der Waals surface area contributed by atoms with E-state index in [2.05, 4.69) is 55.1 Å². The third-order valence-electron chi connectivity index (χ3n) is 10.3. The zero-order valence-electron chi connectivity index (χ0n) is 35.0. The van der Waals surface area contributed by atoms with Crippen LogP contribution in [0.5, 0.6) is 0 Å². The lowest BCUT2D eigenvalue weighted by Gasteiger charge is -2.43. The maximum absolute atomic E-state index is 15.1. The molecule has 4 N–H and O–H groups in total.